The Kier molecular flexibility index (Phi) is 3.30. The summed E-state index contributed by atoms with van der Waals surface area (Å²) in [5.41, 5.74) is 0.715. The largest absolute Gasteiger partial charge is 0.481 e. The molecule has 1 saturated carbocycles. The zero-order valence-corrected chi connectivity index (χ0v) is 11.0. The molecule has 0 radical (unpaired) electrons. The van der Waals surface area contributed by atoms with E-state index in [0.29, 0.717) is 5.69 Å². The summed E-state index contributed by atoms with van der Waals surface area (Å²) in [7, 11) is 0. The van der Waals surface area contributed by atoms with Crippen LogP contribution < -0.4 is 5.32 Å². The molecule has 0 aliphatic heterocycles. The molecule has 1 aromatic rings. The monoisotopic (exact) mass is 271 g/mol. The van der Waals surface area contributed by atoms with Crippen molar-refractivity contribution >= 4 is 17.6 Å². The maximum Gasteiger partial charge on any atom is 0.307 e. The number of carboxylic acid groups (broad SMARTS) is 1. The van der Waals surface area contributed by atoms with E-state index in [9.17, 15) is 14.7 Å². The molecule has 104 valence electrons. The predicted octanol–water partition coefficient (Wildman–Crippen LogP) is 2.54. The summed E-state index contributed by atoms with van der Waals surface area (Å²) in [6.07, 6.45) is 5.76. The van der Waals surface area contributed by atoms with Crippen LogP contribution in [-0.4, -0.2) is 17.0 Å². The minimum absolute atomic E-state index is 0.0102. The first kappa shape index (κ1) is 12.9. The third-order valence-electron chi connectivity index (χ3n) is 4.38. The summed E-state index contributed by atoms with van der Waals surface area (Å²) in [5, 5.41) is 12.3. The van der Waals surface area contributed by atoms with Gasteiger partial charge >= 0.3 is 5.97 Å². The van der Waals surface area contributed by atoms with Gasteiger partial charge in [0.25, 0.3) is 0 Å². The zero-order valence-electron chi connectivity index (χ0n) is 11.0. The Labute approximate surface area is 117 Å². The molecule has 3 aliphatic carbocycles. The van der Waals surface area contributed by atoms with Gasteiger partial charge in [0, 0.05) is 5.69 Å². The van der Waals surface area contributed by atoms with E-state index in [2.05, 4.69) is 5.32 Å². The molecule has 2 bridgehead atoms. The summed E-state index contributed by atoms with van der Waals surface area (Å²) < 4.78 is 0. The number of fused-ring (bicyclic) bond motifs is 2. The molecule has 0 heterocycles. The number of para-hydroxylation sites is 1. The quantitative estimate of drug-likeness (QED) is 0.830. The van der Waals surface area contributed by atoms with Crippen molar-refractivity contribution < 1.29 is 14.7 Å². The number of aliphatic carboxylic acids is 1. The number of carbonyl (C=O) groups is 2. The zero-order chi connectivity index (χ0) is 14.1. The van der Waals surface area contributed by atoms with Crippen LogP contribution in [0.25, 0.3) is 0 Å². The minimum Gasteiger partial charge on any atom is -0.481 e. The van der Waals surface area contributed by atoms with E-state index in [1.54, 1.807) is 0 Å². The molecule has 2 N–H and O–H groups in total. The number of hydrogen-bond donors (Lipinski definition) is 2. The fourth-order valence-electron chi connectivity index (χ4n) is 3.44. The van der Waals surface area contributed by atoms with Crippen LogP contribution in [0.15, 0.2) is 42.5 Å². The Bertz CT molecular complexity index is 552. The van der Waals surface area contributed by atoms with Crippen LogP contribution in [-0.2, 0) is 9.59 Å². The van der Waals surface area contributed by atoms with Crippen LogP contribution in [0.4, 0.5) is 5.69 Å². The Morgan fingerprint density at radius 1 is 1.00 bits per heavy atom. The van der Waals surface area contributed by atoms with Crippen LogP contribution in [0, 0.1) is 23.7 Å². The summed E-state index contributed by atoms with van der Waals surface area (Å²) >= 11 is 0. The number of anilines is 1. The number of carbonyl (C=O) groups excluding carboxylic acids is 1. The molecule has 4 nitrogen and oxygen atoms in total. The highest BCUT2D eigenvalue weighted by Crippen LogP contribution is 2.45. The second kappa shape index (κ2) is 5.12. The number of nitrogens with one attached hydrogen (secondary N) is 1. The van der Waals surface area contributed by atoms with Crippen molar-refractivity contribution in [3.05, 3.63) is 42.5 Å². The van der Waals surface area contributed by atoms with Crippen molar-refractivity contribution in [1.82, 2.24) is 0 Å². The first-order chi connectivity index (χ1) is 9.66. The van der Waals surface area contributed by atoms with E-state index in [1.807, 2.05) is 42.5 Å². The molecule has 1 aromatic carbocycles. The standard InChI is InChI=1S/C16H17NO3/c18-15(17-12-4-2-1-3-5-12)13-10-6-8-11(9-7-10)14(13)16(19)20/h1-6,8,10-11,13-14H,7,9H2,(H,17,18)(H,19,20)/t10-,11-,13+,14-/m0/s1. The number of hydrogen-bond acceptors (Lipinski definition) is 2. The van der Waals surface area contributed by atoms with Gasteiger partial charge in [-0.2, -0.15) is 0 Å². The summed E-state index contributed by atoms with van der Waals surface area (Å²) in [5.74, 6) is -2.06. The van der Waals surface area contributed by atoms with Gasteiger partial charge in [0.15, 0.2) is 0 Å². The maximum absolute atomic E-state index is 12.5. The molecule has 0 spiro atoms. The first-order valence-corrected chi connectivity index (χ1v) is 6.94. The summed E-state index contributed by atoms with van der Waals surface area (Å²) in [6, 6.07) is 9.19. The molecule has 0 unspecified atom stereocenters. The minimum atomic E-state index is -0.864. The number of carboxylic acids is 1. The first-order valence-electron chi connectivity index (χ1n) is 6.94. The lowest BCUT2D eigenvalue weighted by Crippen LogP contribution is -2.47. The molecule has 0 saturated heterocycles. The van der Waals surface area contributed by atoms with Gasteiger partial charge in [-0.25, -0.2) is 0 Å². The van der Waals surface area contributed by atoms with Crippen molar-refractivity contribution in [2.75, 3.05) is 5.32 Å². The summed E-state index contributed by atoms with van der Waals surface area (Å²) in [4.78, 5) is 24.0. The number of rotatable bonds is 3. The number of amides is 1. The molecule has 1 fully saturated rings. The van der Waals surface area contributed by atoms with E-state index in [-0.39, 0.29) is 17.7 Å². The SMILES string of the molecule is O=C(O)[C@@H]1[C@H](C(=O)Nc2ccccc2)[C@H]2C=C[C@H]1CC2. The van der Waals surface area contributed by atoms with E-state index in [1.165, 1.54) is 0 Å². The second-order valence-electron chi connectivity index (χ2n) is 5.54. The van der Waals surface area contributed by atoms with Crippen molar-refractivity contribution in [3.63, 3.8) is 0 Å². The van der Waals surface area contributed by atoms with Crippen LogP contribution >= 0.6 is 0 Å². The highest BCUT2D eigenvalue weighted by atomic mass is 16.4. The van der Waals surface area contributed by atoms with Gasteiger partial charge in [0.2, 0.25) is 5.91 Å². The van der Waals surface area contributed by atoms with Crippen molar-refractivity contribution in [2.45, 2.75) is 12.8 Å². The highest BCUT2D eigenvalue weighted by molar-refractivity contribution is 5.96. The van der Waals surface area contributed by atoms with Gasteiger partial charge in [-0.15, -0.1) is 0 Å². The molecule has 4 rings (SSSR count). The molecule has 4 atom stereocenters. The molecule has 3 aliphatic rings. The average Bonchev–Trinajstić information content (AvgIpc) is 2.48. The lowest BCUT2D eigenvalue weighted by atomic mass is 9.62. The van der Waals surface area contributed by atoms with Gasteiger partial charge in [0.1, 0.15) is 0 Å². The fourth-order valence-corrected chi connectivity index (χ4v) is 3.44. The van der Waals surface area contributed by atoms with Crippen LogP contribution in [0.1, 0.15) is 12.8 Å². The average molecular weight is 271 g/mol. The van der Waals surface area contributed by atoms with Crippen molar-refractivity contribution in [1.29, 1.82) is 0 Å². The van der Waals surface area contributed by atoms with E-state index in [0.717, 1.165) is 12.8 Å². The second-order valence-corrected chi connectivity index (χ2v) is 5.54. The Balaban J connectivity index is 1.82. The predicted molar refractivity (Wildman–Crippen MR) is 75.0 cm³/mol. The van der Waals surface area contributed by atoms with Crippen molar-refractivity contribution in [3.8, 4) is 0 Å². The van der Waals surface area contributed by atoms with Crippen LogP contribution in [0.3, 0.4) is 0 Å². The smallest absolute Gasteiger partial charge is 0.307 e. The lowest BCUT2D eigenvalue weighted by Gasteiger charge is -2.41. The Morgan fingerprint density at radius 3 is 2.15 bits per heavy atom. The topological polar surface area (TPSA) is 66.4 Å². The fraction of sp³-hybridized carbons (Fsp3) is 0.375. The highest BCUT2D eigenvalue weighted by Gasteiger charge is 2.48. The van der Waals surface area contributed by atoms with Crippen LogP contribution in [0.5, 0.6) is 0 Å². The van der Waals surface area contributed by atoms with Gasteiger partial charge < -0.3 is 10.4 Å². The molecular formula is C16H17NO3. The molecule has 20 heavy (non-hydrogen) atoms. The molecule has 4 heteroatoms. The van der Waals surface area contributed by atoms with Gasteiger partial charge in [-0.3, -0.25) is 9.59 Å². The summed E-state index contributed by atoms with van der Waals surface area (Å²) in [6.45, 7) is 0. The van der Waals surface area contributed by atoms with Crippen molar-refractivity contribution in [2.24, 2.45) is 23.7 Å². The number of benzene rings is 1. The Morgan fingerprint density at radius 2 is 1.60 bits per heavy atom. The lowest BCUT2D eigenvalue weighted by molar-refractivity contribution is -0.151. The van der Waals surface area contributed by atoms with Crippen LogP contribution in [0.2, 0.25) is 0 Å². The molecule has 0 aromatic heterocycles. The van der Waals surface area contributed by atoms with Gasteiger partial charge in [-0.1, -0.05) is 30.4 Å². The Hall–Kier alpha value is -2.10. The normalized spacial score (nSPS) is 31.0. The third kappa shape index (κ3) is 2.22. The molecular weight excluding hydrogens is 254 g/mol. The van der Waals surface area contributed by atoms with Gasteiger partial charge in [0.05, 0.1) is 11.8 Å². The third-order valence-corrected chi connectivity index (χ3v) is 4.38. The van der Waals surface area contributed by atoms with E-state index in [4.69, 9.17) is 0 Å². The van der Waals surface area contributed by atoms with E-state index >= 15 is 0 Å². The van der Waals surface area contributed by atoms with E-state index < -0.39 is 17.8 Å². The maximum atomic E-state index is 12.5. The van der Waals surface area contributed by atoms with Gasteiger partial charge in [-0.05, 0) is 36.8 Å². The number of allylic oxidation sites excluding steroid dienone is 2. The molecule has 1 amide bonds.